The summed E-state index contributed by atoms with van der Waals surface area (Å²) in [7, 11) is -3.78. The molecule has 1 aromatic rings. The Morgan fingerprint density at radius 1 is 0.889 bits per heavy atom. The molecule has 1 aliphatic rings. The summed E-state index contributed by atoms with van der Waals surface area (Å²) in [6.07, 6.45) is 3.56. The zero-order valence-electron chi connectivity index (χ0n) is 9.90. The fraction of sp³-hybridized carbons (Fsp3) is 0.500. The lowest BCUT2D eigenvalue weighted by atomic mass is 10.2. The standard InChI is InChI=1S/C12H15F2NO2S/c13-10-7-11(14)9-12(8-10)18(16,17)15-5-3-1-2-4-6-15/h7-9H,1-6H2. The average Bonchev–Trinajstić information content (AvgIpc) is 2.56. The summed E-state index contributed by atoms with van der Waals surface area (Å²) in [4.78, 5) is -0.304. The molecule has 0 bridgehead atoms. The SMILES string of the molecule is O=S(=O)(c1cc(F)cc(F)c1)N1CCCCCC1. The summed E-state index contributed by atoms with van der Waals surface area (Å²) >= 11 is 0. The molecule has 0 spiro atoms. The van der Waals surface area contributed by atoms with E-state index in [9.17, 15) is 17.2 Å². The first-order valence-corrected chi connectivity index (χ1v) is 7.40. The van der Waals surface area contributed by atoms with E-state index in [1.807, 2.05) is 0 Å². The molecule has 0 aliphatic carbocycles. The first-order valence-electron chi connectivity index (χ1n) is 5.96. The van der Waals surface area contributed by atoms with Gasteiger partial charge in [-0.15, -0.1) is 0 Å². The molecule has 0 radical (unpaired) electrons. The Kier molecular flexibility index (Phi) is 3.97. The molecule has 1 fully saturated rings. The van der Waals surface area contributed by atoms with Crippen molar-refractivity contribution in [1.82, 2.24) is 4.31 Å². The fourth-order valence-electron chi connectivity index (χ4n) is 2.11. The van der Waals surface area contributed by atoms with Gasteiger partial charge < -0.3 is 0 Å². The smallest absolute Gasteiger partial charge is 0.207 e. The Bertz CT molecular complexity index is 503. The van der Waals surface area contributed by atoms with E-state index in [0.717, 1.165) is 37.8 Å². The minimum Gasteiger partial charge on any atom is -0.207 e. The second-order valence-corrected chi connectivity index (χ2v) is 6.36. The average molecular weight is 275 g/mol. The van der Waals surface area contributed by atoms with E-state index in [1.54, 1.807) is 0 Å². The van der Waals surface area contributed by atoms with Crippen molar-refractivity contribution in [3.05, 3.63) is 29.8 Å². The largest absolute Gasteiger partial charge is 0.243 e. The maximum Gasteiger partial charge on any atom is 0.243 e. The number of nitrogens with zero attached hydrogens (tertiary/aromatic N) is 1. The monoisotopic (exact) mass is 275 g/mol. The van der Waals surface area contributed by atoms with E-state index >= 15 is 0 Å². The summed E-state index contributed by atoms with van der Waals surface area (Å²) in [5.41, 5.74) is 0. The molecule has 6 heteroatoms. The van der Waals surface area contributed by atoms with Gasteiger partial charge in [-0.1, -0.05) is 12.8 Å². The molecule has 18 heavy (non-hydrogen) atoms. The second-order valence-electron chi connectivity index (χ2n) is 4.42. The van der Waals surface area contributed by atoms with Crippen molar-refractivity contribution in [2.24, 2.45) is 0 Å². The molecule has 0 N–H and O–H groups in total. The fourth-order valence-corrected chi connectivity index (χ4v) is 3.67. The lowest BCUT2D eigenvalue weighted by Crippen LogP contribution is -2.32. The second kappa shape index (κ2) is 5.32. The lowest BCUT2D eigenvalue weighted by Gasteiger charge is -2.19. The van der Waals surface area contributed by atoms with Gasteiger partial charge in [0.15, 0.2) is 0 Å². The van der Waals surface area contributed by atoms with Crippen molar-refractivity contribution in [3.63, 3.8) is 0 Å². The van der Waals surface area contributed by atoms with E-state index in [4.69, 9.17) is 0 Å². The Morgan fingerprint density at radius 2 is 1.39 bits per heavy atom. The molecule has 0 saturated carbocycles. The van der Waals surface area contributed by atoms with Crippen LogP contribution in [0.3, 0.4) is 0 Å². The highest BCUT2D eigenvalue weighted by atomic mass is 32.2. The van der Waals surface area contributed by atoms with Crippen molar-refractivity contribution >= 4 is 10.0 Å². The number of hydrogen-bond acceptors (Lipinski definition) is 2. The van der Waals surface area contributed by atoms with Gasteiger partial charge in [-0.05, 0) is 25.0 Å². The summed E-state index contributed by atoms with van der Waals surface area (Å²) in [5.74, 6) is -1.74. The van der Waals surface area contributed by atoms with Crippen LogP contribution < -0.4 is 0 Å². The first-order chi connectivity index (χ1) is 8.50. The third-order valence-corrected chi connectivity index (χ3v) is 4.92. The number of halogens is 2. The zero-order chi connectivity index (χ0) is 13.2. The third kappa shape index (κ3) is 2.87. The van der Waals surface area contributed by atoms with Gasteiger partial charge in [0.1, 0.15) is 11.6 Å². The van der Waals surface area contributed by atoms with E-state index in [0.29, 0.717) is 19.2 Å². The van der Waals surface area contributed by atoms with Crippen molar-refractivity contribution < 1.29 is 17.2 Å². The van der Waals surface area contributed by atoms with Crippen LogP contribution >= 0.6 is 0 Å². The highest BCUT2D eigenvalue weighted by molar-refractivity contribution is 7.89. The Morgan fingerprint density at radius 3 is 1.89 bits per heavy atom. The van der Waals surface area contributed by atoms with Crippen molar-refractivity contribution in [1.29, 1.82) is 0 Å². The molecule has 1 saturated heterocycles. The molecule has 1 aliphatic heterocycles. The Hall–Kier alpha value is -1.01. The van der Waals surface area contributed by atoms with Crippen LogP contribution in [0.25, 0.3) is 0 Å². The van der Waals surface area contributed by atoms with Crippen LogP contribution in [0.4, 0.5) is 8.78 Å². The molecule has 0 unspecified atom stereocenters. The van der Waals surface area contributed by atoms with Gasteiger partial charge in [0.2, 0.25) is 10.0 Å². The third-order valence-electron chi connectivity index (χ3n) is 3.04. The maximum atomic E-state index is 13.1. The molecular formula is C12H15F2NO2S. The number of hydrogen-bond donors (Lipinski definition) is 0. The van der Waals surface area contributed by atoms with E-state index in [1.165, 1.54) is 4.31 Å². The molecule has 0 amide bonds. The number of rotatable bonds is 2. The van der Waals surface area contributed by atoms with E-state index < -0.39 is 21.7 Å². The van der Waals surface area contributed by atoms with E-state index in [2.05, 4.69) is 0 Å². The molecule has 0 atom stereocenters. The van der Waals surface area contributed by atoms with Crippen LogP contribution in [0.15, 0.2) is 23.1 Å². The summed E-state index contributed by atoms with van der Waals surface area (Å²) in [5, 5.41) is 0. The Labute approximate surface area is 105 Å². The minimum absolute atomic E-state index is 0.304. The van der Waals surface area contributed by atoms with Gasteiger partial charge in [-0.25, -0.2) is 17.2 Å². The van der Waals surface area contributed by atoms with Gasteiger partial charge in [0.25, 0.3) is 0 Å². The maximum absolute atomic E-state index is 13.1. The first kappa shape index (κ1) is 13.4. The minimum atomic E-state index is -3.78. The lowest BCUT2D eigenvalue weighted by molar-refractivity contribution is 0.422. The Balaban J connectivity index is 2.34. The van der Waals surface area contributed by atoms with Crippen LogP contribution in [0.1, 0.15) is 25.7 Å². The van der Waals surface area contributed by atoms with Gasteiger partial charge >= 0.3 is 0 Å². The van der Waals surface area contributed by atoms with Crippen molar-refractivity contribution in [2.75, 3.05) is 13.1 Å². The molecular weight excluding hydrogens is 260 g/mol. The van der Waals surface area contributed by atoms with Crippen LogP contribution in [-0.4, -0.2) is 25.8 Å². The predicted molar refractivity (Wildman–Crippen MR) is 63.6 cm³/mol. The van der Waals surface area contributed by atoms with Crippen LogP contribution in [0.5, 0.6) is 0 Å². The molecule has 3 nitrogen and oxygen atoms in total. The molecule has 1 heterocycles. The normalized spacial score (nSPS) is 18.6. The topological polar surface area (TPSA) is 37.4 Å². The molecule has 2 rings (SSSR count). The van der Waals surface area contributed by atoms with Gasteiger partial charge in [0.05, 0.1) is 4.90 Å². The number of sulfonamides is 1. The highest BCUT2D eigenvalue weighted by Gasteiger charge is 2.26. The van der Waals surface area contributed by atoms with Crippen molar-refractivity contribution in [2.45, 2.75) is 30.6 Å². The summed E-state index contributed by atoms with van der Waals surface area (Å²) in [6.45, 7) is 0.834. The zero-order valence-corrected chi connectivity index (χ0v) is 10.7. The van der Waals surface area contributed by atoms with Crippen LogP contribution in [0, 0.1) is 11.6 Å². The molecule has 0 aromatic heterocycles. The van der Waals surface area contributed by atoms with Crippen molar-refractivity contribution in [3.8, 4) is 0 Å². The molecule has 1 aromatic carbocycles. The summed E-state index contributed by atoms with van der Waals surface area (Å²) in [6, 6.07) is 2.40. The van der Waals surface area contributed by atoms with Crippen LogP contribution in [-0.2, 0) is 10.0 Å². The van der Waals surface area contributed by atoms with E-state index in [-0.39, 0.29) is 4.90 Å². The number of benzene rings is 1. The van der Waals surface area contributed by atoms with Gasteiger partial charge in [-0.2, -0.15) is 4.31 Å². The van der Waals surface area contributed by atoms with Gasteiger partial charge in [0, 0.05) is 19.2 Å². The van der Waals surface area contributed by atoms with Crippen LogP contribution in [0.2, 0.25) is 0 Å². The summed E-state index contributed by atoms with van der Waals surface area (Å²) < 4.78 is 52.0. The molecule has 100 valence electrons. The quantitative estimate of drug-likeness (QED) is 0.831. The van der Waals surface area contributed by atoms with Gasteiger partial charge in [-0.3, -0.25) is 0 Å². The predicted octanol–water partition coefficient (Wildman–Crippen LogP) is 2.53. The highest BCUT2D eigenvalue weighted by Crippen LogP contribution is 2.21.